The van der Waals surface area contributed by atoms with E-state index >= 15 is 0 Å². The van der Waals surface area contributed by atoms with Crippen molar-refractivity contribution >= 4 is 10.9 Å². The summed E-state index contributed by atoms with van der Waals surface area (Å²) < 4.78 is 7.89. The molecule has 2 aliphatic heterocycles. The van der Waals surface area contributed by atoms with Gasteiger partial charge in [0.05, 0.1) is 35.5 Å². The molecule has 5 heteroatoms. The van der Waals surface area contributed by atoms with Gasteiger partial charge in [-0.2, -0.15) is 0 Å². The van der Waals surface area contributed by atoms with Crippen LogP contribution in [0.5, 0.6) is 0 Å². The van der Waals surface area contributed by atoms with Crippen LogP contribution in [0.15, 0.2) is 29.3 Å². The maximum absolute atomic E-state index is 12.8. The molecule has 1 aromatic carbocycles. The van der Waals surface area contributed by atoms with E-state index in [1.165, 1.54) is 0 Å². The van der Waals surface area contributed by atoms with E-state index in [0.29, 0.717) is 12.0 Å². The van der Waals surface area contributed by atoms with Crippen molar-refractivity contribution in [2.75, 3.05) is 19.7 Å². The smallest absolute Gasteiger partial charge is 0.261 e. The number of fused-ring (bicyclic) bond motifs is 1. The number of aromatic nitrogens is 2. The van der Waals surface area contributed by atoms with Gasteiger partial charge in [-0.3, -0.25) is 9.36 Å². The van der Waals surface area contributed by atoms with E-state index in [-0.39, 0.29) is 17.2 Å². The summed E-state index contributed by atoms with van der Waals surface area (Å²) in [5.41, 5.74) is 1.86. The lowest BCUT2D eigenvalue weighted by molar-refractivity contribution is -0.0196. The van der Waals surface area contributed by atoms with E-state index in [9.17, 15) is 4.79 Å². The lowest BCUT2D eigenvalue weighted by Crippen LogP contribution is -2.41. The fourth-order valence-corrected chi connectivity index (χ4v) is 3.74. The summed E-state index contributed by atoms with van der Waals surface area (Å²) >= 11 is 0. The Balaban J connectivity index is 1.70. The molecule has 0 unspecified atom stereocenters. The Labute approximate surface area is 129 Å². The van der Waals surface area contributed by atoms with E-state index in [2.05, 4.69) is 10.3 Å². The number of hydrogen-bond acceptors (Lipinski definition) is 4. The monoisotopic (exact) mass is 299 g/mol. The first-order valence-corrected chi connectivity index (χ1v) is 7.99. The fourth-order valence-electron chi connectivity index (χ4n) is 3.74. The normalized spacial score (nSPS) is 24.1. The molecule has 116 valence electrons. The van der Waals surface area contributed by atoms with Gasteiger partial charge < -0.3 is 10.1 Å². The number of piperidine rings is 1. The summed E-state index contributed by atoms with van der Waals surface area (Å²) in [6, 6.07) is 5.93. The molecule has 1 atom stereocenters. The van der Waals surface area contributed by atoms with Crippen LogP contribution >= 0.6 is 0 Å². The third-order valence-corrected chi connectivity index (χ3v) is 5.04. The minimum absolute atomic E-state index is 0.0447. The Hall–Kier alpha value is -1.72. The highest BCUT2D eigenvalue weighted by atomic mass is 16.5. The highest BCUT2D eigenvalue weighted by Crippen LogP contribution is 2.38. The first-order valence-electron chi connectivity index (χ1n) is 7.99. The van der Waals surface area contributed by atoms with Gasteiger partial charge in [-0.05, 0) is 51.4 Å². The maximum Gasteiger partial charge on any atom is 0.261 e. The van der Waals surface area contributed by atoms with Gasteiger partial charge in [0, 0.05) is 0 Å². The molecule has 0 radical (unpaired) electrons. The summed E-state index contributed by atoms with van der Waals surface area (Å²) in [5, 5.41) is 4.07. The van der Waals surface area contributed by atoms with Crippen molar-refractivity contribution in [1.82, 2.24) is 14.9 Å². The van der Waals surface area contributed by atoms with Crippen molar-refractivity contribution in [3.8, 4) is 0 Å². The molecule has 0 bridgehead atoms. The second-order valence-corrected chi connectivity index (χ2v) is 6.58. The largest absolute Gasteiger partial charge is 0.373 e. The lowest BCUT2D eigenvalue weighted by atomic mass is 9.88. The van der Waals surface area contributed by atoms with Gasteiger partial charge in [-0.25, -0.2) is 4.98 Å². The minimum Gasteiger partial charge on any atom is -0.373 e. The maximum atomic E-state index is 12.8. The van der Waals surface area contributed by atoms with E-state index in [1.807, 2.05) is 25.1 Å². The van der Waals surface area contributed by atoms with Gasteiger partial charge in [-0.15, -0.1) is 0 Å². The van der Waals surface area contributed by atoms with Gasteiger partial charge >= 0.3 is 0 Å². The molecular formula is C17H21N3O2. The number of nitrogens with zero attached hydrogens (tertiary/aromatic N) is 2. The average molecular weight is 299 g/mol. The van der Waals surface area contributed by atoms with Gasteiger partial charge in [0.1, 0.15) is 0 Å². The Morgan fingerprint density at radius 1 is 1.36 bits per heavy atom. The third kappa shape index (κ3) is 2.25. The van der Waals surface area contributed by atoms with Gasteiger partial charge in [-0.1, -0.05) is 11.6 Å². The van der Waals surface area contributed by atoms with Crippen LogP contribution in [0.1, 0.15) is 30.9 Å². The van der Waals surface area contributed by atoms with E-state index in [0.717, 1.165) is 43.4 Å². The van der Waals surface area contributed by atoms with Gasteiger partial charge in [0.25, 0.3) is 5.56 Å². The van der Waals surface area contributed by atoms with Crippen LogP contribution in [0.25, 0.3) is 10.9 Å². The standard InChI is InChI=1S/C17H21N3O2/c1-12-2-3-15-14(8-12)16(21)20(11-19-15)13-9-17(22-10-13)4-6-18-7-5-17/h2-3,8,11,13,18H,4-7,9-10H2,1H3/t13-/m0/s1. The lowest BCUT2D eigenvalue weighted by Gasteiger charge is -2.32. The van der Waals surface area contributed by atoms with Gasteiger partial charge in [0.2, 0.25) is 0 Å². The van der Waals surface area contributed by atoms with Gasteiger partial charge in [0.15, 0.2) is 0 Å². The molecule has 2 aliphatic rings. The van der Waals surface area contributed by atoms with Crippen molar-refractivity contribution in [3.63, 3.8) is 0 Å². The van der Waals surface area contributed by atoms with Crippen LogP contribution in [0.3, 0.4) is 0 Å². The van der Waals surface area contributed by atoms with Crippen LogP contribution in [-0.4, -0.2) is 34.8 Å². The zero-order valence-electron chi connectivity index (χ0n) is 12.8. The second kappa shape index (κ2) is 5.18. The summed E-state index contributed by atoms with van der Waals surface area (Å²) in [6.07, 6.45) is 4.65. The van der Waals surface area contributed by atoms with E-state index < -0.39 is 0 Å². The average Bonchev–Trinajstić information content (AvgIpc) is 2.92. The topological polar surface area (TPSA) is 56.1 Å². The van der Waals surface area contributed by atoms with Crippen molar-refractivity contribution in [2.45, 2.75) is 37.8 Å². The molecule has 3 heterocycles. The number of ether oxygens (including phenoxy) is 1. The van der Waals surface area contributed by atoms with Crippen LogP contribution < -0.4 is 10.9 Å². The number of benzene rings is 1. The summed E-state index contributed by atoms with van der Waals surface area (Å²) in [4.78, 5) is 17.3. The third-order valence-electron chi connectivity index (χ3n) is 5.04. The summed E-state index contributed by atoms with van der Waals surface area (Å²) in [5.74, 6) is 0. The Morgan fingerprint density at radius 2 is 2.18 bits per heavy atom. The Bertz CT molecular complexity index is 762. The second-order valence-electron chi connectivity index (χ2n) is 6.58. The molecule has 0 amide bonds. The molecule has 5 nitrogen and oxygen atoms in total. The first kappa shape index (κ1) is 13.9. The van der Waals surface area contributed by atoms with Crippen molar-refractivity contribution in [1.29, 1.82) is 0 Å². The van der Waals surface area contributed by atoms with Crippen LogP contribution in [0, 0.1) is 6.92 Å². The Kier molecular flexibility index (Phi) is 3.27. The zero-order valence-corrected chi connectivity index (χ0v) is 12.8. The van der Waals surface area contributed by atoms with E-state index in [4.69, 9.17) is 4.74 Å². The molecule has 2 saturated heterocycles. The van der Waals surface area contributed by atoms with Crippen LogP contribution in [0.4, 0.5) is 0 Å². The van der Waals surface area contributed by atoms with Crippen LogP contribution in [-0.2, 0) is 4.74 Å². The first-order chi connectivity index (χ1) is 10.7. The molecule has 2 aromatic rings. The summed E-state index contributed by atoms with van der Waals surface area (Å²) in [7, 11) is 0. The molecule has 0 aliphatic carbocycles. The highest BCUT2D eigenvalue weighted by Gasteiger charge is 2.42. The van der Waals surface area contributed by atoms with Crippen LogP contribution in [0.2, 0.25) is 0 Å². The molecule has 1 spiro atoms. The number of rotatable bonds is 1. The minimum atomic E-state index is -0.0447. The quantitative estimate of drug-likeness (QED) is 0.872. The molecule has 1 aromatic heterocycles. The van der Waals surface area contributed by atoms with Crippen molar-refractivity contribution in [3.05, 3.63) is 40.4 Å². The fraction of sp³-hybridized carbons (Fsp3) is 0.529. The summed E-state index contributed by atoms with van der Waals surface area (Å²) in [6.45, 7) is 4.60. The number of aryl methyl sites for hydroxylation is 1. The number of hydrogen-bond donors (Lipinski definition) is 1. The molecule has 2 fully saturated rings. The molecule has 4 rings (SSSR count). The molecule has 0 saturated carbocycles. The predicted octanol–water partition coefficient (Wildman–Crippen LogP) is 1.79. The van der Waals surface area contributed by atoms with Crippen molar-refractivity contribution in [2.24, 2.45) is 0 Å². The molecule has 22 heavy (non-hydrogen) atoms. The van der Waals surface area contributed by atoms with Crippen molar-refractivity contribution < 1.29 is 4.74 Å². The Morgan fingerprint density at radius 3 is 3.00 bits per heavy atom. The SMILES string of the molecule is Cc1ccc2ncn([C@@H]3COC4(CCNCC4)C3)c(=O)c2c1. The predicted molar refractivity (Wildman–Crippen MR) is 85.2 cm³/mol. The molecular weight excluding hydrogens is 278 g/mol. The number of nitrogens with one attached hydrogen (secondary N) is 1. The highest BCUT2D eigenvalue weighted by molar-refractivity contribution is 5.77. The van der Waals surface area contributed by atoms with E-state index in [1.54, 1.807) is 10.9 Å². The molecule has 1 N–H and O–H groups in total. The zero-order chi connectivity index (χ0) is 15.2.